The van der Waals surface area contributed by atoms with Crippen molar-refractivity contribution in [1.82, 2.24) is 4.98 Å². The zero-order valence-electron chi connectivity index (χ0n) is 8.95. The van der Waals surface area contributed by atoms with Gasteiger partial charge in [0.05, 0.1) is 5.69 Å². The number of benzene rings is 1. The number of hydrogen-bond acceptors (Lipinski definition) is 2. The molecule has 0 fully saturated rings. The molecule has 0 radical (unpaired) electrons. The van der Waals surface area contributed by atoms with Crippen molar-refractivity contribution in [2.45, 2.75) is 0 Å². The summed E-state index contributed by atoms with van der Waals surface area (Å²) in [5, 5.41) is 2.99. The molecule has 0 saturated carbocycles. The van der Waals surface area contributed by atoms with E-state index in [1.807, 2.05) is 12.1 Å². The number of aromatic nitrogens is 1. The van der Waals surface area contributed by atoms with Crippen molar-refractivity contribution in [3.63, 3.8) is 0 Å². The summed E-state index contributed by atoms with van der Waals surface area (Å²) >= 11 is 11.3. The molecule has 18 heavy (non-hydrogen) atoms. The second-order valence-corrected chi connectivity index (χ2v) is 5.98. The minimum Gasteiger partial charge on any atom is -0.319 e. The van der Waals surface area contributed by atoms with Crippen LogP contribution in [-0.4, -0.2) is 10.9 Å². The summed E-state index contributed by atoms with van der Waals surface area (Å²) in [6.07, 6.45) is 1.57. The van der Waals surface area contributed by atoms with Crippen molar-refractivity contribution in [3.8, 4) is 0 Å². The summed E-state index contributed by atoms with van der Waals surface area (Å²) in [4.78, 5) is 16.0. The number of carbonyl (C=O) groups excluding carboxylic acids is 1. The maximum Gasteiger partial charge on any atom is 0.255 e. The third kappa shape index (κ3) is 3.43. The maximum atomic E-state index is 12.0. The maximum absolute atomic E-state index is 12.0. The summed E-state index contributed by atoms with van der Waals surface area (Å²) in [5.41, 5.74) is 1.06. The third-order valence-corrected chi connectivity index (χ3v) is 3.55. The van der Waals surface area contributed by atoms with E-state index in [0.717, 1.165) is 8.04 Å². The molecule has 0 bridgehead atoms. The standard InChI is InChI=1S/C12H7BrClIN2O/c13-8-5-10(11(14)16-6-8)17-12(18)7-2-1-3-9(15)4-7/h1-6H,(H,17,18). The molecule has 0 saturated heterocycles. The van der Waals surface area contributed by atoms with E-state index in [0.29, 0.717) is 11.3 Å². The Labute approximate surface area is 131 Å². The van der Waals surface area contributed by atoms with E-state index in [1.54, 1.807) is 24.4 Å². The first kappa shape index (κ1) is 13.8. The van der Waals surface area contributed by atoms with Crippen molar-refractivity contribution in [2.24, 2.45) is 0 Å². The highest BCUT2D eigenvalue weighted by molar-refractivity contribution is 14.1. The molecule has 0 aliphatic heterocycles. The van der Waals surface area contributed by atoms with Crippen molar-refractivity contribution < 1.29 is 4.79 Å². The van der Waals surface area contributed by atoms with Crippen LogP contribution in [0.2, 0.25) is 5.15 Å². The largest absolute Gasteiger partial charge is 0.319 e. The lowest BCUT2D eigenvalue weighted by atomic mass is 10.2. The van der Waals surface area contributed by atoms with Gasteiger partial charge in [0, 0.05) is 19.8 Å². The van der Waals surface area contributed by atoms with Gasteiger partial charge in [0.2, 0.25) is 0 Å². The second kappa shape index (κ2) is 5.99. The SMILES string of the molecule is O=C(Nc1cc(Br)cnc1Cl)c1cccc(I)c1. The van der Waals surface area contributed by atoms with Crippen LogP contribution in [0.15, 0.2) is 41.0 Å². The van der Waals surface area contributed by atoms with Gasteiger partial charge in [-0.2, -0.15) is 0 Å². The minimum atomic E-state index is -0.213. The number of nitrogens with zero attached hydrogens (tertiary/aromatic N) is 1. The molecule has 1 heterocycles. The van der Waals surface area contributed by atoms with E-state index >= 15 is 0 Å². The molecular formula is C12H7BrClIN2O. The van der Waals surface area contributed by atoms with Crippen LogP contribution < -0.4 is 5.32 Å². The fourth-order valence-corrected chi connectivity index (χ4v) is 2.36. The Morgan fingerprint density at radius 1 is 1.39 bits per heavy atom. The average molecular weight is 437 g/mol. The number of nitrogens with one attached hydrogen (secondary N) is 1. The van der Waals surface area contributed by atoms with Gasteiger partial charge in [0.25, 0.3) is 5.91 Å². The molecule has 1 aromatic carbocycles. The molecular weight excluding hydrogens is 430 g/mol. The van der Waals surface area contributed by atoms with Gasteiger partial charge in [0.1, 0.15) is 0 Å². The Kier molecular flexibility index (Phi) is 4.58. The van der Waals surface area contributed by atoms with E-state index in [2.05, 4.69) is 48.8 Å². The van der Waals surface area contributed by atoms with Crippen LogP contribution in [0.5, 0.6) is 0 Å². The van der Waals surface area contributed by atoms with Gasteiger partial charge in [-0.3, -0.25) is 4.79 Å². The topological polar surface area (TPSA) is 42.0 Å². The lowest BCUT2D eigenvalue weighted by Crippen LogP contribution is -2.12. The van der Waals surface area contributed by atoms with Crippen LogP contribution in [0, 0.1) is 3.57 Å². The lowest BCUT2D eigenvalue weighted by Gasteiger charge is -2.07. The van der Waals surface area contributed by atoms with Crippen molar-refractivity contribution >= 4 is 61.7 Å². The first-order valence-corrected chi connectivity index (χ1v) is 7.19. The Morgan fingerprint density at radius 2 is 2.17 bits per heavy atom. The lowest BCUT2D eigenvalue weighted by molar-refractivity contribution is 0.102. The number of hydrogen-bond donors (Lipinski definition) is 1. The highest BCUT2D eigenvalue weighted by atomic mass is 127. The van der Waals surface area contributed by atoms with Crippen molar-refractivity contribution in [3.05, 3.63) is 55.3 Å². The first-order chi connectivity index (χ1) is 8.56. The average Bonchev–Trinajstić information content (AvgIpc) is 2.34. The van der Waals surface area contributed by atoms with E-state index in [1.165, 1.54) is 0 Å². The number of anilines is 1. The van der Waals surface area contributed by atoms with Crippen LogP contribution in [0.1, 0.15) is 10.4 Å². The molecule has 1 N–H and O–H groups in total. The molecule has 0 aliphatic carbocycles. The van der Waals surface area contributed by atoms with Crippen LogP contribution in [0.25, 0.3) is 0 Å². The second-order valence-electron chi connectivity index (χ2n) is 3.46. The fourth-order valence-electron chi connectivity index (χ4n) is 1.33. The Hall–Kier alpha value is -0.660. The van der Waals surface area contributed by atoms with Crippen molar-refractivity contribution in [2.75, 3.05) is 5.32 Å². The molecule has 0 unspecified atom stereocenters. The summed E-state index contributed by atoms with van der Waals surface area (Å²) in [7, 11) is 0. The van der Waals surface area contributed by atoms with Crippen LogP contribution in [-0.2, 0) is 0 Å². The molecule has 0 aliphatic rings. The zero-order chi connectivity index (χ0) is 13.1. The number of rotatable bonds is 2. The highest BCUT2D eigenvalue weighted by Gasteiger charge is 2.09. The minimum absolute atomic E-state index is 0.213. The smallest absolute Gasteiger partial charge is 0.255 e. The van der Waals surface area contributed by atoms with E-state index in [4.69, 9.17) is 11.6 Å². The number of amides is 1. The van der Waals surface area contributed by atoms with Gasteiger partial charge in [-0.25, -0.2) is 4.98 Å². The van der Waals surface area contributed by atoms with Gasteiger partial charge >= 0.3 is 0 Å². The Bertz CT molecular complexity index is 606. The van der Waals surface area contributed by atoms with Gasteiger partial charge in [-0.15, -0.1) is 0 Å². The Morgan fingerprint density at radius 3 is 2.89 bits per heavy atom. The molecule has 0 atom stereocenters. The molecule has 1 amide bonds. The highest BCUT2D eigenvalue weighted by Crippen LogP contribution is 2.23. The molecule has 1 aromatic heterocycles. The third-order valence-electron chi connectivity index (χ3n) is 2.14. The summed E-state index contributed by atoms with van der Waals surface area (Å²) in [6.45, 7) is 0. The summed E-state index contributed by atoms with van der Waals surface area (Å²) in [6, 6.07) is 9.01. The monoisotopic (exact) mass is 436 g/mol. The van der Waals surface area contributed by atoms with E-state index in [-0.39, 0.29) is 11.1 Å². The van der Waals surface area contributed by atoms with Gasteiger partial charge < -0.3 is 5.32 Å². The van der Waals surface area contributed by atoms with E-state index < -0.39 is 0 Å². The van der Waals surface area contributed by atoms with Gasteiger partial charge in [-0.1, -0.05) is 17.7 Å². The van der Waals surface area contributed by atoms with Crippen LogP contribution in [0.3, 0.4) is 0 Å². The number of halogens is 3. The van der Waals surface area contributed by atoms with E-state index in [9.17, 15) is 4.79 Å². The van der Waals surface area contributed by atoms with Gasteiger partial charge in [0.15, 0.2) is 5.15 Å². The number of carbonyl (C=O) groups is 1. The molecule has 0 spiro atoms. The molecule has 92 valence electrons. The molecule has 3 nitrogen and oxygen atoms in total. The normalized spacial score (nSPS) is 10.2. The molecule has 6 heteroatoms. The first-order valence-electron chi connectivity index (χ1n) is 4.94. The summed E-state index contributed by atoms with van der Waals surface area (Å²) in [5.74, 6) is -0.213. The predicted molar refractivity (Wildman–Crippen MR) is 84.1 cm³/mol. The molecule has 2 rings (SSSR count). The van der Waals surface area contributed by atoms with Gasteiger partial charge in [-0.05, 0) is 62.8 Å². The van der Waals surface area contributed by atoms with Crippen molar-refractivity contribution in [1.29, 1.82) is 0 Å². The Balaban J connectivity index is 2.24. The zero-order valence-corrected chi connectivity index (χ0v) is 13.5. The summed E-state index contributed by atoms with van der Waals surface area (Å²) < 4.78 is 1.75. The van der Waals surface area contributed by atoms with Crippen LogP contribution >= 0.6 is 50.1 Å². The predicted octanol–water partition coefficient (Wildman–Crippen LogP) is 4.35. The van der Waals surface area contributed by atoms with Crippen LogP contribution in [0.4, 0.5) is 5.69 Å². The number of pyridine rings is 1. The quantitative estimate of drug-likeness (QED) is 0.561. The molecule has 2 aromatic rings. The fraction of sp³-hybridized carbons (Fsp3) is 0.